The highest BCUT2D eigenvalue weighted by Gasteiger charge is 2.22. The number of carboxylic acid groups (broad SMARTS) is 1. The van der Waals surface area contributed by atoms with Gasteiger partial charge in [-0.1, -0.05) is 22.9 Å². The second kappa shape index (κ2) is 7.40. The van der Waals surface area contributed by atoms with Gasteiger partial charge < -0.3 is 10.4 Å². The summed E-state index contributed by atoms with van der Waals surface area (Å²) in [5.41, 5.74) is 1.68. The molecule has 0 fully saturated rings. The Balaban J connectivity index is 2.65. The van der Waals surface area contributed by atoms with Crippen molar-refractivity contribution in [2.45, 2.75) is 26.3 Å². The van der Waals surface area contributed by atoms with E-state index in [1.807, 2.05) is 25.1 Å². The fraction of sp³-hybridized carbons (Fsp3) is 0.429. The molecule has 0 aliphatic rings. The Morgan fingerprint density at radius 3 is 2.60 bits per heavy atom. The monoisotopic (exact) mass is 342 g/mol. The Morgan fingerprint density at radius 1 is 1.45 bits per heavy atom. The van der Waals surface area contributed by atoms with Gasteiger partial charge in [0.05, 0.1) is 6.54 Å². The first-order chi connectivity index (χ1) is 9.35. The van der Waals surface area contributed by atoms with Gasteiger partial charge in [0.25, 0.3) is 0 Å². The molecule has 110 valence electrons. The number of hydrogen-bond acceptors (Lipinski definition) is 3. The Hall–Kier alpha value is -1.40. The maximum Gasteiger partial charge on any atom is 0.320 e. The molecule has 0 spiro atoms. The molecule has 1 aromatic carbocycles. The van der Waals surface area contributed by atoms with Crippen molar-refractivity contribution in [2.75, 3.05) is 18.9 Å². The number of anilines is 1. The number of nitrogens with zero attached hydrogens (tertiary/aromatic N) is 1. The van der Waals surface area contributed by atoms with E-state index in [9.17, 15) is 9.59 Å². The molecule has 1 aromatic rings. The number of halogens is 1. The zero-order chi connectivity index (χ0) is 15.3. The molecule has 1 amide bonds. The third-order valence-electron chi connectivity index (χ3n) is 3.06. The topological polar surface area (TPSA) is 69.6 Å². The van der Waals surface area contributed by atoms with Crippen molar-refractivity contribution >= 4 is 33.5 Å². The number of carboxylic acids is 1. The van der Waals surface area contributed by atoms with Crippen LogP contribution < -0.4 is 5.32 Å². The number of likely N-dealkylation sites (N-methyl/N-ethyl adjacent to an activating group) is 1. The van der Waals surface area contributed by atoms with Crippen molar-refractivity contribution in [3.05, 3.63) is 28.2 Å². The van der Waals surface area contributed by atoms with Gasteiger partial charge in [0.2, 0.25) is 5.91 Å². The number of aliphatic carboxylic acids is 1. The smallest absolute Gasteiger partial charge is 0.320 e. The minimum absolute atomic E-state index is 0.0420. The molecule has 2 N–H and O–H groups in total. The van der Waals surface area contributed by atoms with Gasteiger partial charge in [0.15, 0.2) is 0 Å². The average molecular weight is 343 g/mol. The fourth-order valence-corrected chi connectivity index (χ4v) is 2.44. The van der Waals surface area contributed by atoms with Gasteiger partial charge in [-0.2, -0.15) is 0 Å². The van der Waals surface area contributed by atoms with Gasteiger partial charge in [-0.25, -0.2) is 0 Å². The largest absolute Gasteiger partial charge is 0.480 e. The zero-order valence-corrected chi connectivity index (χ0v) is 13.4. The summed E-state index contributed by atoms with van der Waals surface area (Å²) >= 11 is 3.36. The van der Waals surface area contributed by atoms with Crippen LogP contribution in [0, 0.1) is 6.92 Å². The number of carbonyl (C=O) groups excluding carboxylic acids is 1. The number of carbonyl (C=O) groups is 2. The molecule has 6 heteroatoms. The van der Waals surface area contributed by atoms with E-state index in [4.69, 9.17) is 5.11 Å². The summed E-state index contributed by atoms with van der Waals surface area (Å²) in [6, 6.07) is 4.92. The van der Waals surface area contributed by atoms with Crippen molar-refractivity contribution in [3.8, 4) is 0 Å². The number of benzene rings is 1. The van der Waals surface area contributed by atoms with Crippen LogP contribution in [0.25, 0.3) is 0 Å². The summed E-state index contributed by atoms with van der Waals surface area (Å²) in [6.45, 7) is 3.72. The zero-order valence-electron chi connectivity index (χ0n) is 11.8. The number of aryl methyl sites for hydroxylation is 1. The number of nitrogens with one attached hydrogen (secondary N) is 1. The molecule has 0 aromatic heterocycles. The van der Waals surface area contributed by atoms with Crippen molar-refractivity contribution in [3.63, 3.8) is 0 Å². The molecule has 0 saturated heterocycles. The van der Waals surface area contributed by atoms with E-state index in [1.54, 1.807) is 14.0 Å². The number of hydrogen-bond donors (Lipinski definition) is 2. The third-order valence-corrected chi connectivity index (χ3v) is 3.55. The van der Waals surface area contributed by atoms with Gasteiger partial charge in [-0.3, -0.25) is 14.5 Å². The van der Waals surface area contributed by atoms with Crippen LogP contribution in [0.4, 0.5) is 5.69 Å². The van der Waals surface area contributed by atoms with E-state index in [-0.39, 0.29) is 12.5 Å². The van der Waals surface area contributed by atoms with Crippen LogP contribution in [-0.2, 0) is 9.59 Å². The SMILES string of the molecule is CCC(C(=O)O)N(C)CC(=O)Nc1ccc(Br)cc1C. The van der Waals surface area contributed by atoms with Gasteiger partial charge in [0, 0.05) is 10.2 Å². The van der Waals surface area contributed by atoms with Crippen molar-refractivity contribution in [1.29, 1.82) is 0 Å². The minimum Gasteiger partial charge on any atom is -0.480 e. The Kier molecular flexibility index (Phi) is 6.16. The van der Waals surface area contributed by atoms with Crippen LogP contribution in [0.3, 0.4) is 0 Å². The van der Waals surface area contributed by atoms with E-state index >= 15 is 0 Å². The van der Waals surface area contributed by atoms with Gasteiger partial charge in [0.1, 0.15) is 6.04 Å². The second-order valence-corrected chi connectivity index (χ2v) is 5.60. The first-order valence-electron chi connectivity index (χ1n) is 6.34. The molecule has 1 rings (SSSR count). The Bertz CT molecular complexity index is 505. The van der Waals surface area contributed by atoms with Gasteiger partial charge in [-0.05, 0) is 44.2 Å². The average Bonchev–Trinajstić information content (AvgIpc) is 2.33. The standard InChI is InChI=1S/C14H19BrN2O3/c1-4-12(14(19)20)17(3)8-13(18)16-11-6-5-10(15)7-9(11)2/h5-7,12H,4,8H2,1-3H3,(H,16,18)(H,19,20). The molecule has 1 unspecified atom stereocenters. The first kappa shape index (κ1) is 16.7. The van der Waals surface area contributed by atoms with E-state index in [2.05, 4.69) is 21.2 Å². The van der Waals surface area contributed by atoms with Gasteiger partial charge in [-0.15, -0.1) is 0 Å². The Morgan fingerprint density at radius 2 is 2.10 bits per heavy atom. The first-order valence-corrected chi connectivity index (χ1v) is 7.13. The molecule has 0 heterocycles. The molecule has 0 bridgehead atoms. The highest BCUT2D eigenvalue weighted by molar-refractivity contribution is 9.10. The molecule has 0 saturated carbocycles. The van der Waals surface area contributed by atoms with Crippen LogP contribution in [0.1, 0.15) is 18.9 Å². The molecular formula is C14H19BrN2O3. The third kappa shape index (κ3) is 4.61. The molecular weight excluding hydrogens is 324 g/mol. The predicted molar refractivity (Wildman–Crippen MR) is 81.9 cm³/mol. The maximum atomic E-state index is 11.9. The van der Waals surface area contributed by atoms with Crippen LogP contribution in [-0.4, -0.2) is 41.5 Å². The van der Waals surface area contributed by atoms with Crippen molar-refractivity contribution in [2.24, 2.45) is 0 Å². The number of rotatable bonds is 6. The molecule has 0 radical (unpaired) electrons. The van der Waals surface area contributed by atoms with E-state index in [1.165, 1.54) is 4.90 Å². The quantitative estimate of drug-likeness (QED) is 0.833. The van der Waals surface area contributed by atoms with Crippen LogP contribution >= 0.6 is 15.9 Å². The maximum absolute atomic E-state index is 11.9. The summed E-state index contributed by atoms with van der Waals surface area (Å²) in [4.78, 5) is 24.5. The summed E-state index contributed by atoms with van der Waals surface area (Å²) in [6.07, 6.45) is 0.455. The Labute approximate surface area is 127 Å². The lowest BCUT2D eigenvalue weighted by Crippen LogP contribution is -2.42. The normalized spacial score (nSPS) is 12.2. The highest BCUT2D eigenvalue weighted by atomic mass is 79.9. The molecule has 20 heavy (non-hydrogen) atoms. The molecule has 5 nitrogen and oxygen atoms in total. The molecule has 0 aliphatic carbocycles. The lowest BCUT2D eigenvalue weighted by molar-refractivity contribution is -0.143. The van der Waals surface area contributed by atoms with E-state index < -0.39 is 12.0 Å². The lowest BCUT2D eigenvalue weighted by atomic mass is 10.2. The van der Waals surface area contributed by atoms with Crippen LogP contribution in [0.2, 0.25) is 0 Å². The van der Waals surface area contributed by atoms with Gasteiger partial charge >= 0.3 is 5.97 Å². The van der Waals surface area contributed by atoms with Crippen LogP contribution in [0.5, 0.6) is 0 Å². The van der Waals surface area contributed by atoms with Crippen molar-refractivity contribution in [1.82, 2.24) is 4.90 Å². The summed E-state index contributed by atoms with van der Waals surface area (Å²) in [5.74, 6) is -1.14. The fourth-order valence-electron chi connectivity index (χ4n) is 1.97. The lowest BCUT2D eigenvalue weighted by Gasteiger charge is -2.22. The van der Waals surface area contributed by atoms with E-state index in [0.29, 0.717) is 6.42 Å². The van der Waals surface area contributed by atoms with Crippen LogP contribution in [0.15, 0.2) is 22.7 Å². The number of amides is 1. The highest BCUT2D eigenvalue weighted by Crippen LogP contribution is 2.20. The van der Waals surface area contributed by atoms with E-state index in [0.717, 1.165) is 15.7 Å². The predicted octanol–water partition coefficient (Wildman–Crippen LogP) is 2.49. The molecule has 0 aliphatic heterocycles. The molecule has 1 atom stereocenters. The van der Waals surface area contributed by atoms with Crippen molar-refractivity contribution < 1.29 is 14.7 Å². The summed E-state index contributed by atoms with van der Waals surface area (Å²) in [5, 5.41) is 11.8. The summed E-state index contributed by atoms with van der Waals surface area (Å²) < 4.78 is 0.946. The second-order valence-electron chi connectivity index (χ2n) is 4.68. The summed E-state index contributed by atoms with van der Waals surface area (Å²) in [7, 11) is 1.64. The minimum atomic E-state index is -0.914.